The van der Waals surface area contributed by atoms with Crippen LogP contribution in [0.5, 0.6) is 0 Å². The highest BCUT2D eigenvalue weighted by Gasteiger charge is 2.47. The van der Waals surface area contributed by atoms with E-state index in [2.05, 4.69) is 21.8 Å². The van der Waals surface area contributed by atoms with E-state index in [4.69, 9.17) is 4.42 Å². The molecule has 7 nitrogen and oxygen atoms in total. The molecule has 2 atom stereocenters. The maximum absolute atomic E-state index is 13.7. The Balaban J connectivity index is 1.45. The third-order valence-corrected chi connectivity index (χ3v) is 6.78. The first-order valence-corrected chi connectivity index (χ1v) is 10.5. The molecule has 5 rings (SSSR count). The van der Waals surface area contributed by atoms with Crippen LogP contribution in [0, 0.1) is 11.3 Å². The van der Waals surface area contributed by atoms with Crippen molar-refractivity contribution in [2.24, 2.45) is 0 Å². The van der Waals surface area contributed by atoms with Crippen molar-refractivity contribution in [1.82, 2.24) is 9.78 Å². The van der Waals surface area contributed by atoms with Crippen molar-refractivity contribution >= 4 is 28.1 Å². The Morgan fingerprint density at radius 3 is 2.97 bits per heavy atom. The maximum Gasteiger partial charge on any atom is 0.410 e. The highest BCUT2D eigenvalue weighted by atomic mass is 32.1. The SMILES string of the molecule is N#Cc1c(NC(=O)c2cc3n(n2)[C@H](C(F)(F)F)C[C@H](c2ccco2)N3)sc2c1CCC2. The van der Waals surface area contributed by atoms with Gasteiger partial charge in [-0.15, -0.1) is 11.3 Å². The molecule has 11 heteroatoms. The lowest BCUT2D eigenvalue weighted by Crippen LogP contribution is -2.35. The van der Waals surface area contributed by atoms with Crippen molar-refractivity contribution in [3.63, 3.8) is 0 Å². The first kappa shape index (κ1) is 19.7. The van der Waals surface area contributed by atoms with Crippen LogP contribution in [0.15, 0.2) is 28.9 Å². The number of carbonyl (C=O) groups excluding carboxylic acids is 1. The second kappa shape index (κ2) is 7.16. The van der Waals surface area contributed by atoms with Crippen LogP contribution in [0.4, 0.5) is 24.0 Å². The smallest absolute Gasteiger partial charge is 0.410 e. The number of thiophene rings is 1. The van der Waals surface area contributed by atoms with Crippen molar-refractivity contribution in [2.45, 2.75) is 43.9 Å². The molecule has 1 amide bonds. The molecule has 0 aromatic carbocycles. The Hall–Kier alpha value is -3.26. The van der Waals surface area contributed by atoms with Crippen molar-refractivity contribution in [1.29, 1.82) is 5.26 Å². The Bertz CT molecular complexity index is 1190. The van der Waals surface area contributed by atoms with E-state index in [1.807, 2.05) is 0 Å². The first-order chi connectivity index (χ1) is 14.8. The molecule has 160 valence electrons. The van der Waals surface area contributed by atoms with Crippen LogP contribution < -0.4 is 10.6 Å². The number of nitrogens with zero attached hydrogens (tertiary/aromatic N) is 3. The molecule has 31 heavy (non-hydrogen) atoms. The third kappa shape index (κ3) is 3.37. The minimum Gasteiger partial charge on any atom is -0.467 e. The number of nitrogens with one attached hydrogen (secondary N) is 2. The molecular weight excluding hydrogens is 431 g/mol. The van der Waals surface area contributed by atoms with Crippen molar-refractivity contribution < 1.29 is 22.4 Å². The number of furan rings is 1. The summed E-state index contributed by atoms with van der Waals surface area (Å²) in [6.07, 6.45) is -0.856. The average Bonchev–Trinajstić information content (AvgIpc) is 3.48. The fourth-order valence-corrected chi connectivity index (χ4v) is 5.37. The minimum atomic E-state index is -4.55. The summed E-state index contributed by atoms with van der Waals surface area (Å²) in [6.45, 7) is 0. The molecule has 0 radical (unpaired) electrons. The molecule has 1 aliphatic carbocycles. The van der Waals surface area contributed by atoms with Crippen LogP contribution in [0.2, 0.25) is 0 Å². The molecule has 0 saturated heterocycles. The van der Waals surface area contributed by atoms with Crippen LogP contribution in [0.25, 0.3) is 0 Å². The van der Waals surface area contributed by atoms with Gasteiger partial charge in [-0.2, -0.15) is 23.5 Å². The van der Waals surface area contributed by atoms with Gasteiger partial charge in [-0.1, -0.05) is 0 Å². The lowest BCUT2D eigenvalue weighted by Gasteiger charge is -2.32. The van der Waals surface area contributed by atoms with Gasteiger partial charge >= 0.3 is 6.18 Å². The van der Waals surface area contributed by atoms with E-state index in [0.29, 0.717) is 16.3 Å². The molecule has 2 aliphatic rings. The molecule has 0 bridgehead atoms. The van der Waals surface area contributed by atoms with Gasteiger partial charge in [0.2, 0.25) is 0 Å². The van der Waals surface area contributed by atoms with Gasteiger partial charge in [0.25, 0.3) is 5.91 Å². The summed E-state index contributed by atoms with van der Waals surface area (Å²) in [6, 6.07) is 4.02. The zero-order valence-corrected chi connectivity index (χ0v) is 16.8. The normalized spacial score (nSPS) is 19.9. The lowest BCUT2D eigenvalue weighted by atomic mass is 10.0. The van der Waals surface area contributed by atoms with Gasteiger partial charge in [-0.3, -0.25) is 4.79 Å². The quantitative estimate of drug-likeness (QED) is 0.601. The van der Waals surface area contributed by atoms with Crippen LogP contribution in [-0.4, -0.2) is 21.9 Å². The van der Waals surface area contributed by atoms with Gasteiger partial charge < -0.3 is 15.1 Å². The molecule has 3 aromatic rings. The monoisotopic (exact) mass is 447 g/mol. The first-order valence-electron chi connectivity index (χ1n) is 9.67. The number of nitriles is 1. The minimum absolute atomic E-state index is 0.0781. The van der Waals surface area contributed by atoms with Crippen LogP contribution in [0.1, 0.15) is 57.2 Å². The van der Waals surface area contributed by atoms with Crippen LogP contribution in [0.3, 0.4) is 0 Å². The van der Waals surface area contributed by atoms with E-state index in [-0.39, 0.29) is 17.9 Å². The van der Waals surface area contributed by atoms with Gasteiger partial charge in [0.05, 0.1) is 17.9 Å². The number of aryl methyl sites for hydroxylation is 1. The van der Waals surface area contributed by atoms with Gasteiger partial charge in [0.15, 0.2) is 11.7 Å². The summed E-state index contributed by atoms with van der Waals surface area (Å²) in [4.78, 5) is 13.8. The number of anilines is 2. The maximum atomic E-state index is 13.7. The van der Waals surface area contributed by atoms with Crippen molar-refractivity contribution in [2.75, 3.05) is 10.6 Å². The number of carbonyl (C=O) groups is 1. The van der Waals surface area contributed by atoms with E-state index in [0.717, 1.165) is 34.4 Å². The van der Waals surface area contributed by atoms with Crippen LogP contribution in [-0.2, 0) is 12.8 Å². The predicted octanol–water partition coefficient (Wildman–Crippen LogP) is 4.81. The number of rotatable bonds is 3. The molecule has 2 N–H and O–H groups in total. The number of halogens is 3. The molecular formula is C20H16F3N5O2S. The highest BCUT2D eigenvalue weighted by molar-refractivity contribution is 7.16. The lowest BCUT2D eigenvalue weighted by molar-refractivity contribution is -0.174. The number of aromatic nitrogens is 2. The number of hydrogen-bond donors (Lipinski definition) is 2. The standard InChI is InChI=1S/C20H16F3N5O2S/c21-20(22,23)16-7-12(14-4-2-6-30-14)25-17-8-13(27-28(16)17)18(29)26-19-11(9-24)10-3-1-5-15(10)31-19/h2,4,6,8,12,16,25H,1,3,5,7H2,(H,26,29)/t12-,16+/m1/s1. The van der Waals surface area contributed by atoms with E-state index in [1.165, 1.54) is 23.7 Å². The van der Waals surface area contributed by atoms with Gasteiger partial charge in [-0.05, 0) is 37.0 Å². The second-order valence-corrected chi connectivity index (χ2v) is 8.60. The fraction of sp³-hybridized carbons (Fsp3) is 0.350. The summed E-state index contributed by atoms with van der Waals surface area (Å²) >= 11 is 1.34. The Morgan fingerprint density at radius 1 is 1.42 bits per heavy atom. The Kier molecular flexibility index (Phi) is 4.55. The zero-order valence-electron chi connectivity index (χ0n) is 16.0. The summed E-state index contributed by atoms with van der Waals surface area (Å²) in [5, 5.41) is 19.5. The molecule has 0 fully saturated rings. The Morgan fingerprint density at radius 2 is 2.26 bits per heavy atom. The van der Waals surface area contributed by atoms with E-state index in [9.17, 15) is 23.2 Å². The van der Waals surface area contributed by atoms with Crippen molar-refractivity contribution in [3.8, 4) is 6.07 Å². The van der Waals surface area contributed by atoms with E-state index >= 15 is 0 Å². The number of amides is 1. The highest BCUT2D eigenvalue weighted by Crippen LogP contribution is 2.44. The van der Waals surface area contributed by atoms with Gasteiger partial charge in [-0.25, -0.2) is 4.68 Å². The molecule has 0 saturated carbocycles. The number of alkyl halides is 3. The van der Waals surface area contributed by atoms with E-state index < -0.39 is 24.2 Å². The summed E-state index contributed by atoms with van der Waals surface area (Å²) in [5.74, 6) is -0.204. The van der Waals surface area contributed by atoms with E-state index in [1.54, 1.807) is 12.1 Å². The topological polar surface area (TPSA) is 95.9 Å². The van der Waals surface area contributed by atoms with Gasteiger partial charge in [0, 0.05) is 17.4 Å². The molecule has 4 heterocycles. The predicted molar refractivity (Wildman–Crippen MR) is 106 cm³/mol. The molecule has 0 unspecified atom stereocenters. The largest absolute Gasteiger partial charge is 0.467 e. The second-order valence-electron chi connectivity index (χ2n) is 7.49. The number of fused-ring (bicyclic) bond motifs is 2. The van der Waals surface area contributed by atoms with Crippen LogP contribution >= 0.6 is 11.3 Å². The fourth-order valence-electron chi connectivity index (χ4n) is 4.14. The average molecular weight is 447 g/mol. The van der Waals surface area contributed by atoms with Crippen molar-refractivity contribution in [3.05, 3.63) is 51.9 Å². The number of hydrogen-bond acceptors (Lipinski definition) is 6. The molecule has 3 aromatic heterocycles. The molecule has 0 spiro atoms. The summed E-state index contributed by atoms with van der Waals surface area (Å²) in [5.41, 5.74) is 1.22. The molecule has 1 aliphatic heterocycles. The zero-order chi connectivity index (χ0) is 21.8. The van der Waals surface area contributed by atoms with Gasteiger partial charge in [0.1, 0.15) is 22.6 Å². The summed E-state index contributed by atoms with van der Waals surface area (Å²) in [7, 11) is 0. The third-order valence-electron chi connectivity index (χ3n) is 5.57. The Labute approximate surface area is 178 Å². The summed E-state index contributed by atoms with van der Waals surface area (Å²) < 4.78 is 47.3.